The third-order valence-electron chi connectivity index (χ3n) is 5.84. The molecule has 0 fully saturated rings. The van der Waals surface area contributed by atoms with Crippen molar-refractivity contribution in [3.05, 3.63) is 81.1 Å². The van der Waals surface area contributed by atoms with Gasteiger partial charge in [-0.25, -0.2) is 17.6 Å². The molecule has 0 aromatic heterocycles. The number of hydrogen-bond donors (Lipinski definition) is 1. The summed E-state index contributed by atoms with van der Waals surface area (Å²) in [5.41, 5.74) is -4.02. The zero-order chi connectivity index (χ0) is 28.0. The summed E-state index contributed by atoms with van der Waals surface area (Å²) in [6.07, 6.45) is -12.6. The van der Waals surface area contributed by atoms with E-state index in [1.165, 1.54) is 35.6 Å². The Balaban J connectivity index is 1.74. The lowest BCUT2D eigenvalue weighted by atomic mass is 9.85. The zero-order valence-electron chi connectivity index (χ0n) is 18.6. The number of alkyl halides is 6. The maximum absolute atomic E-state index is 14.3. The van der Waals surface area contributed by atoms with Crippen LogP contribution in [0.2, 0.25) is 10.0 Å². The van der Waals surface area contributed by atoms with Gasteiger partial charge in [-0.15, -0.1) is 0 Å². The Bertz CT molecular complexity index is 1460. The van der Waals surface area contributed by atoms with Gasteiger partial charge in [-0.3, -0.25) is 9.59 Å². The molecule has 1 aliphatic heterocycles. The van der Waals surface area contributed by atoms with Crippen LogP contribution in [0.4, 0.5) is 30.7 Å². The topological polar surface area (TPSA) is 67.8 Å². The van der Waals surface area contributed by atoms with E-state index in [2.05, 4.69) is 5.16 Å². The number of benzene rings is 3. The van der Waals surface area contributed by atoms with E-state index in [-0.39, 0.29) is 27.6 Å². The average Bonchev–Trinajstić information content (AvgIpc) is 3.32. The predicted molar refractivity (Wildman–Crippen MR) is 124 cm³/mol. The minimum Gasteiger partial charge on any atom is -0.374 e. The van der Waals surface area contributed by atoms with Crippen LogP contribution in [0.5, 0.6) is 0 Å². The van der Waals surface area contributed by atoms with Crippen LogP contribution in [0.1, 0.15) is 27.9 Å². The highest BCUT2D eigenvalue weighted by molar-refractivity contribution is 6.35. The highest BCUT2D eigenvalue weighted by atomic mass is 35.5. The van der Waals surface area contributed by atoms with E-state index < -0.39 is 64.0 Å². The van der Waals surface area contributed by atoms with Crippen LogP contribution in [0.15, 0.2) is 53.7 Å². The number of hydrogen-bond acceptors (Lipinski definition) is 4. The summed E-state index contributed by atoms with van der Waals surface area (Å²) in [6.45, 7) is 0. The van der Waals surface area contributed by atoms with E-state index in [4.69, 9.17) is 28.0 Å². The normalized spacial score (nSPS) is 18.3. The summed E-state index contributed by atoms with van der Waals surface area (Å²) in [5.74, 6) is -4.46. The van der Waals surface area contributed by atoms with E-state index in [0.29, 0.717) is 0 Å². The second kappa shape index (κ2) is 10.1. The molecule has 2 atom stereocenters. The lowest BCUT2D eigenvalue weighted by Crippen LogP contribution is -2.42. The lowest BCUT2D eigenvalue weighted by molar-refractivity contribution is -0.275. The Morgan fingerprint density at radius 1 is 1.00 bits per heavy atom. The third-order valence-corrected chi connectivity index (χ3v) is 6.39. The summed E-state index contributed by atoms with van der Waals surface area (Å²) in [6, 6.07) is 9.55. The Kier molecular flexibility index (Phi) is 7.32. The molecule has 1 heterocycles. The van der Waals surface area contributed by atoms with Crippen LogP contribution in [-0.4, -0.2) is 36.3 Å². The Morgan fingerprint density at radius 2 is 1.61 bits per heavy atom. The first kappa shape index (κ1) is 27.6. The molecule has 4 rings (SSSR count). The molecule has 38 heavy (non-hydrogen) atoms. The van der Waals surface area contributed by atoms with Gasteiger partial charge < -0.3 is 10.2 Å². The summed E-state index contributed by atoms with van der Waals surface area (Å²) in [5, 5.41) is 4.12. The molecular formula is C24H13Cl2F7N2O3. The van der Waals surface area contributed by atoms with Crippen LogP contribution in [0.3, 0.4) is 0 Å². The molecule has 3 aromatic carbocycles. The van der Waals surface area contributed by atoms with Gasteiger partial charge in [-0.2, -0.15) is 13.2 Å². The standard InChI is InChI=1S/C24H13Cl2F7N2O3/c25-15-7-10(8-16(26)18(15)27)23(24(31,32)33)9-17(35-38-23)13-5-6-14(12-4-2-1-3-11(12)13)22(37)34-21(30)19(36)20(28)29/h1-8,20-21H,9H2,(H,34,37). The van der Waals surface area contributed by atoms with Crippen molar-refractivity contribution in [1.82, 2.24) is 5.32 Å². The number of oxime groups is 1. The molecule has 2 unspecified atom stereocenters. The Hall–Kier alpha value is -3.38. The molecule has 1 N–H and O–H groups in total. The van der Waals surface area contributed by atoms with Crippen molar-refractivity contribution in [2.75, 3.05) is 0 Å². The second-order valence-corrected chi connectivity index (χ2v) is 8.94. The number of nitrogens with zero attached hydrogens (tertiary/aromatic N) is 1. The summed E-state index contributed by atoms with van der Waals surface area (Å²) in [7, 11) is 0. The summed E-state index contributed by atoms with van der Waals surface area (Å²) in [4.78, 5) is 28.6. The van der Waals surface area contributed by atoms with Gasteiger partial charge in [0.15, 0.2) is 5.82 Å². The van der Waals surface area contributed by atoms with Crippen molar-refractivity contribution >= 4 is 51.4 Å². The van der Waals surface area contributed by atoms with E-state index in [9.17, 15) is 40.3 Å². The van der Waals surface area contributed by atoms with Gasteiger partial charge in [0.1, 0.15) is 0 Å². The van der Waals surface area contributed by atoms with Crippen LogP contribution in [0, 0.1) is 5.82 Å². The molecule has 0 bridgehead atoms. The first-order chi connectivity index (χ1) is 17.8. The van der Waals surface area contributed by atoms with Gasteiger partial charge in [0.05, 0.1) is 15.8 Å². The molecule has 3 aromatic rings. The predicted octanol–water partition coefficient (Wildman–Crippen LogP) is 6.73. The smallest absolute Gasteiger partial charge is 0.374 e. The monoisotopic (exact) mass is 580 g/mol. The maximum Gasteiger partial charge on any atom is 0.435 e. The Morgan fingerprint density at radius 3 is 2.18 bits per heavy atom. The van der Waals surface area contributed by atoms with E-state index in [0.717, 1.165) is 18.2 Å². The van der Waals surface area contributed by atoms with Gasteiger partial charge in [0, 0.05) is 23.1 Å². The van der Waals surface area contributed by atoms with E-state index >= 15 is 0 Å². The van der Waals surface area contributed by atoms with Gasteiger partial charge in [0.25, 0.3) is 17.3 Å². The molecule has 5 nitrogen and oxygen atoms in total. The highest BCUT2D eigenvalue weighted by Gasteiger charge is 2.62. The van der Waals surface area contributed by atoms with E-state index in [1.54, 1.807) is 0 Å². The molecule has 14 heteroatoms. The molecule has 0 spiro atoms. The fraction of sp³-hybridized carbons (Fsp3) is 0.208. The number of fused-ring (bicyclic) bond motifs is 1. The van der Waals surface area contributed by atoms with Crippen molar-refractivity contribution in [2.45, 2.75) is 30.9 Å². The number of nitrogens with one attached hydrogen (secondary N) is 1. The maximum atomic E-state index is 14.3. The molecular weight excluding hydrogens is 568 g/mol. The third kappa shape index (κ3) is 4.78. The largest absolute Gasteiger partial charge is 0.435 e. The molecule has 0 aliphatic carbocycles. The van der Waals surface area contributed by atoms with Crippen LogP contribution in [-0.2, 0) is 15.2 Å². The number of rotatable bonds is 6. The van der Waals surface area contributed by atoms with Gasteiger partial charge in [0.2, 0.25) is 6.30 Å². The molecule has 1 aliphatic rings. The zero-order valence-corrected chi connectivity index (χ0v) is 20.1. The molecule has 1 amide bonds. The van der Waals surface area contributed by atoms with E-state index in [1.807, 2.05) is 0 Å². The average molecular weight is 581 g/mol. The molecule has 0 saturated carbocycles. The van der Waals surface area contributed by atoms with Crippen LogP contribution in [0.25, 0.3) is 10.8 Å². The summed E-state index contributed by atoms with van der Waals surface area (Å²) < 4.78 is 95.6. The lowest BCUT2D eigenvalue weighted by Gasteiger charge is -2.29. The minimum atomic E-state index is -5.06. The second-order valence-electron chi connectivity index (χ2n) is 8.13. The first-order valence-electron chi connectivity index (χ1n) is 10.5. The SMILES string of the molecule is O=C(NC(F)C(=O)C(F)F)c1ccc(C2=NOC(c3cc(Cl)c(F)c(Cl)c3)(C(F)(F)F)C2)c2ccccc12. The van der Waals surface area contributed by atoms with Gasteiger partial charge >= 0.3 is 12.6 Å². The Labute approximate surface area is 219 Å². The molecule has 200 valence electrons. The van der Waals surface area contributed by atoms with Crippen molar-refractivity contribution < 1.29 is 45.2 Å². The molecule has 0 saturated heterocycles. The van der Waals surface area contributed by atoms with Crippen molar-refractivity contribution in [3.63, 3.8) is 0 Å². The fourth-order valence-electron chi connectivity index (χ4n) is 3.96. The number of carbonyl (C=O) groups is 2. The highest BCUT2D eigenvalue weighted by Crippen LogP contribution is 2.50. The number of halogens is 9. The van der Waals surface area contributed by atoms with Crippen molar-refractivity contribution in [1.29, 1.82) is 0 Å². The van der Waals surface area contributed by atoms with Crippen LogP contribution >= 0.6 is 23.2 Å². The van der Waals surface area contributed by atoms with Crippen molar-refractivity contribution in [3.8, 4) is 0 Å². The van der Waals surface area contributed by atoms with Gasteiger partial charge in [-0.05, 0) is 29.0 Å². The number of amides is 1. The number of Topliss-reactive ketones (excluding diaryl/α,β-unsaturated/α-hetero) is 1. The summed E-state index contributed by atoms with van der Waals surface area (Å²) >= 11 is 11.4. The van der Waals surface area contributed by atoms with Crippen LogP contribution < -0.4 is 5.32 Å². The first-order valence-corrected chi connectivity index (χ1v) is 11.3. The number of ketones is 1. The van der Waals surface area contributed by atoms with Gasteiger partial charge in [-0.1, -0.05) is 58.7 Å². The molecule has 0 radical (unpaired) electrons. The quantitative estimate of drug-likeness (QED) is 0.200. The van der Waals surface area contributed by atoms with Crippen molar-refractivity contribution in [2.24, 2.45) is 5.16 Å². The fourth-order valence-corrected chi connectivity index (χ4v) is 4.45. The number of carbonyl (C=O) groups excluding carboxylic acids is 2. The minimum absolute atomic E-state index is 0.0966.